The number of anilines is 1. The van der Waals surface area contributed by atoms with E-state index < -0.39 is 18.2 Å². The van der Waals surface area contributed by atoms with E-state index in [1.807, 2.05) is 0 Å². The zero-order chi connectivity index (χ0) is 13.0. The number of carbonyl (C=O) groups excluding carboxylic acids is 2. The van der Waals surface area contributed by atoms with Gasteiger partial charge in [-0.25, -0.2) is 0 Å². The molecule has 0 bridgehead atoms. The summed E-state index contributed by atoms with van der Waals surface area (Å²) in [6.45, 7) is 2.47. The first-order valence-electron chi connectivity index (χ1n) is 4.80. The van der Waals surface area contributed by atoms with E-state index in [1.54, 1.807) is 18.2 Å². The van der Waals surface area contributed by atoms with Crippen LogP contribution >= 0.6 is 15.9 Å². The van der Waals surface area contributed by atoms with Gasteiger partial charge in [0.25, 0.3) is 6.29 Å². The standard InChI is InChI=1S/C11H12BrNO4/c1-6(14)16-11(17-7(2)15)8-4-3-5-9(13)10(8)12/h3-5,11H,13H2,1-2H3. The molecule has 0 saturated carbocycles. The van der Waals surface area contributed by atoms with Crippen molar-refractivity contribution in [1.82, 2.24) is 0 Å². The lowest BCUT2D eigenvalue weighted by atomic mass is 10.2. The van der Waals surface area contributed by atoms with E-state index in [-0.39, 0.29) is 0 Å². The molecule has 1 aromatic rings. The molecular weight excluding hydrogens is 290 g/mol. The number of esters is 2. The predicted octanol–water partition coefficient (Wildman–Crippen LogP) is 2.16. The van der Waals surface area contributed by atoms with Gasteiger partial charge in [0.2, 0.25) is 0 Å². The molecule has 92 valence electrons. The van der Waals surface area contributed by atoms with Gasteiger partial charge in [-0.3, -0.25) is 9.59 Å². The third-order valence-corrected chi connectivity index (χ3v) is 2.77. The molecule has 0 amide bonds. The molecule has 0 aliphatic carbocycles. The van der Waals surface area contributed by atoms with Gasteiger partial charge in [0.15, 0.2) is 0 Å². The molecule has 2 N–H and O–H groups in total. The first-order valence-corrected chi connectivity index (χ1v) is 5.59. The number of nitrogens with two attached hydrogens (primary N) is 1. The van der Waals surface area contributed by atoms with Crippen LogP contribution in [0.15, 0.2) is 22.7 Å². The van der Waals surface area contributed by atoms with E-state index in [2.05, 4.69) is 15.9 Å². The Balaban J connectivity index is 3.07. The lowest BCUT2D eigenvalue weighted by Gasteiger charge is -2.18. The fourth-order valence-electron chi connectivity index (χ4n) is 1.20. The maximum atomic E-state index is 10.9. The van der Waals surface area contributed by atoms with E-state index in [4.69, 9.17) is 15.2 Å². The second-order valence-electron chi connectivity index (χ2n) is 3.30. The summed E-state index contributed by atoms with van der Waals surface area (Å²) in [5, 5.41) is 0. The molecule has 0 heterocycles. The van der Waals surface area contributed by atoms with Gasteiger partial charge in [0, 0.05) is 25.1 Å². The largest absolute Gasteiger partial charge is 0.421 e. The third kappa shape index (κ3) is 3.74. The topological polar surface area (TPSA) is 78.6 Å². The fourth-order valence-corrected chi connectivity index (χ4v) is 1.65. The SMILES string of the molecule is CC(=O)OC(OC(C)=O)c1cccc(N)c1Br. The zero-order valence-corrected chi connectivity index (χ0v) is 11.0. The van der Waals surface area contributed by atoms with Gasteiger partial charge >= 0.3 is 11.9 Å². The van der Waals surface area contributed by atoms with E-state index >= 15 is 0 Å². The molecule has 1 rings (SSSR count). The number of hydrogen-bond donors (Lipinski definition) is 1. The Morgan fingerprint density at radius 1 is 1.24 bits per heavy atom. The molecule has 5 nitrogen and oxygen atoms in total. The van der Waals surface area contributed by atoms with Crippen LogP contribution in [-0.4, -0.2) is 11.9 Å². The minimum absolute atomic E-state index is 0.465. The monoisotopic (exact) mass is 301 g/mol. The molecule has 0 aliphatic heterocycles. The Morgan fingerprint density at radius 2 is 1.76 bits per heavy atom. The Bertz CT molecular complexity index is 431. The van der Waals surface area contributed by atoms with Gasteiger partial charge in [0.1, 0.15) is 0 Å². The second-order valence-corrected chi connectivity index (χ2v) is 4.09. The average molecular weight is 302 g/mol. The number of benzene rings is 1. The van der Waals surface area contributed by atoms with Crippen molar-refractivity contribution in [3.8, 4) is 0 Å². The summed E-state index contributed by atoms with van der Waals surface area (Å²) >= 11 is 3.25. The molecule has 0 fully saturated rings. The third-order valence-electron chi connectivity index (χ3n) is 1.86. The highest BCUT2D eigenvalue weighted by molar-refractivity contribution is 9.10. The van der Waals surface area contributed by atoms with Crippen molar-refractivity contribution in [2.75, 3.05) is 5.73 Å². The molecular formula is C11H12BrNO4. The molecule has 0 atom stereocenters. The summed E-state index contributed by atoms with van der Waals surface area (Å²) in [5.41, 5.74) is 6.64. The van der Waals surface area contributed by atoms with Crippen molar-refractivity contribution in [3.05, 3.63) is 28.2 Å². The summed E-state index contributed by atoms with van der Waals surface area (Å²) in [6, 6.07) is 5.00. The molecule has 0 saturated heterocycles. The van der Waals surface area contributed by atoms with Crippen LogP contribution < -0.4 is 5.73 Å². The van der Waals surface area contributed by atoms with Crippen LogP contribution in [0.3, 0.4) is 0 Å². The van der Waals surface area contributed by atoms with Crippen LogP contribution in [0.25, 0.3) is 0 Å². The highest BCUT2D eigenvalue weighted by Crippen LogP contribution is 2.31. The maximum Gasteiger partial charge on any atom is 0.305 e. The molecule has 0 aliphatic rings. The van der Waals surface area contributed by atoms with E-state index in [9.17, 15) is 9.59 Å². The van der Waals surface area contributed by atoms with Crippen LogP contribution in [0, 0.1) is 0 Å². The number of nitrogen functional groups attached to an aromatic ring is 1. The summed E-state index contributed by atoms with van der Waals surface area (Å²) in [7, 11) is 0. The van der Waals surface area contributed by atoms with Crippen molar-refractivity contribution < 1.29 is 19.1 Å². The van der Waals surface area contributed by atoms with Crippen LogP contribution in [0.4, 0.5) is 5.69 Å². The minimum Gasteiger partial charge on any atom is -0.421 e. The molecule has 0 aromatic heterocycles. The van der Waals surface area contributed by atoms with Crippen LogP contribution in [0.1, 0.15) is 25.7 Å². The normalized spacial score (nSPS) is 10.1. The average Bonchev–Trinajstić information content (AvgIpc) is 2.19. The first kappa shape index (κ1) is 13.5. The fraction of sp³-hybridized carbons (Fsp3) is 0.273. The van der Waals surface area contributed by atoms with E-state index in [0.29, 0.717) is 15.7 Å². The van der Waals surface area contributed by atoms with Crippen molar-refractivity contribution >= 4 is 33.6 Å². The summed E-state index contributed by atoms with van der Waals surface area (Å²) < 4.78 is 10.4. The molecule has 0 spiro atoms. The van der Waals surface area contributed by atoms with Gasteiger partial charge in [-0.05, 0) is 22.0 Å². The van der Waals surface area contributed by atoms with Gasteiger partial charge in [-0.2, -0.15) is 0 Å². The summed E-state index contributed by atoms with van der Waals surface area (Å²) in [5.74, 6) is -1.10. The smallest absolute Gasteiger partial charge is 0.305 e. The molecule has 17 heavy (non-hydrogen) atoms. The summed E-state index contributed by atoms with van der Waals surface area (Å²) in [6.07, 6.45) is -1.09. The molecule has 0 unspecified atom stereocenters. The van der Waals surface area contributed by atoms with E-state index in [0.717, 1.165) is 0 Å². The second kappa shape index (κ2) is 5.67. The van der Waals surface area contributed by atoms with Gasteiger partial charge < -0.3 is 15.2 Å². The number of ether oxygens (including phenoxy) is 2. The number of rotatable bonds is 3. The lowest BCUT2D eigenvalue weighted by molar-refractivity contribution is -0.186. The Morgan fingerprint density at radius 3 is 2.24 bits per heavy atom. The Labute approximate surface area is 107 Å². The lowest BCUT2D eigenvalue weighted by Crippen LogP contribution is -2.15. The quantitative estimate of drug-likeness (QED) is 0.526. The number of halogens is 1. The van der Waals surface area contributed by atoms with Gasteiger partial charge in [-0.15, -0.1) is 0 Å². The van der Waals surface area contributed by atoms with Crippen molar-refractivity contribution in [2.24, 2.45) is 0 Å². The highest BCUT2D eigenvalue weighted by Gasteiger charge is 2.21. The van der Waals surface area contributed by atoms with Crippen molar-refractivity contribution in [2.45, 2.75) is 20.1 Å². The van der Waals surface area contributed by atoms with Crippen LogP contribution in [0.5, 0.6) is 0 Å². The predicted molar refractivity (Wildman–Crippen MR) is 64.8 cm³/mol. The molecule has 0 radical (unpaired) electrons. The van der Waals surface area contributed by atoms with Crippen molar-refractivity contribution in [1.29, 1.82) is 0 Å². The molecule has 6 heteroatoms. The zero-order valence-electron chi connectivity index (χ0n) is 9.40. The first-order chi connectivity index (χ1) is 7.91. The van der Waals surface area contributed by atoms with Crippen LogP contribution in [0.2, 0.25) is 0 Å². The van der Waals surface area contributed by atoms with Crippen molar-refractivity contribution in [3.63, 3.8) is 0 Å². The van der Waals surface area contributed by atoms with Gasteiger partial charge in [-0.1, -0.05) is 12.1 Å². The number of hydrogen-bond acceptors (Lipinski definition) is 5. The Hall–Kier alpha value is -1.56. The maximum absolute atomic E-state index is 10.9. The van der Waals surface area contributed by atoms with E-state index in [1.165, 1.54) is 13.8 Å². The van der Waals surface area contributed by atoms with Crippen LogP contribution in [-0.2, 0) is 19.1 Å². The minimum atomic E-state index is -1.09. The van der Waals surface area contributed by atoms with Gasteiger partial charge in [0.05, 0.1) is 4.47 Å². The Kier molecular flexibility index (Phi) is 4.51. The summed E-state index contributed by atoms with van der Waals surface area (Å²) in [4.78, 5) is 21.9. The number of carbonyl (C=O) groups is 2. The highest BCUT2D eigenvalue weighted by atomic mass is 79.9. The molecule has 1 aromatic carbocycles.